The molecule has 3 aromatic carbocycles. The molecule has 1 atom stereocenters. The van der Waals surface area contributed by atoms with Gasteiger partial charge in [0.15, 0.2) is 17.4 Å². The van der Waals surface area contributed by atoms with Gasteiger partial charge in [0.05, 0.1) is 45.8 Å². The monoisotopic (exact) mass is 895 g/mol. The van der Waals surface area contributed by atoms with Crippen molar-refractivity contribution in [2.75, 3.05) is 67.4 Å². The summed E-state index contributed by atoms with van der Waals surface area (Å²) in [4.78, 5) is 39.8. The number of carbonyl (C=O) groups excluding carboxylic acids is 2. The fourth-order valence-corrected chi connectivity index (χ4v) is 11.1. The second-order valence-electron chi connectivity index (χ2n) is 17.9. The normalized spacial score (nSPS) is 21.1. The van der Waals surface area contributed by atoms with Crippen LogP contribution in [-0.2, 0) is 26.8 Å². The van der Waals surface area contributed by atoms with Crippen LogP contribution in [0.1, 0.15) is 62.6 Å². The minimum atomic E-state index is -3.98. The molecule has 64 heavy (non-hydrogen) atoms. The lowest BCUT2D eigenvalue weighted by Gasteiger charge is -2.62. The molecule has 10 rings (SSSR count). The zero-order valence-electron chi connectivity index (χ0n) is 35.6. The molecule has 334 valence electrons. The summed E-state index contributed by atoms with van der Waals surface area (Å²) in [5.74, 6) is -1.36. The number of nitrogens with zero attached hydrogens (tertiary/aromatic N) is 9. The number of nitriles is 1. The van der Waals surface area contributed by atoms with E-state index in [2.05, 4.69) is 29.9 Å². The van der Waals surface area contributed by atoms with Crippen molar-refractivity contribution in [1.82, 2.24) is 34.3 Å². The Balaban J connectivity index is 0.745. The van der Waals surface area contributed by atoms with Crippen LogP contribution in [-0.4, -0.2) is 114 Å². The highest BCUT2D eigenvalue weighted by Crippen LogP contribution is 2.53. The topological polar surface area (TPSA) is 191 Å². The Morgan fingerprint density at radius 3 is 2.56 bits per heavy atom. The number of likely N-dealkylation sites (tertiary alicyclic amines) is 1. The van der Waals surface area contributed by atoms with Crippen molar-refractivity contribution in [2.45, 2.75) is 63.0 Å². The molecular formula is C44H47F2N11O6S. The van der Waals surface area contributed by atoms with Crippen molar-refractivity contribution in [3.63, 3.8) is 0 Å². The van der Waals surface area contributed by atoms with Gasteiger partial charge in [0, 0.05) is 94.8 Å². The summed E-state index contributed by atoms with van der Waals surface area (Å²) >= 11 is 0. The lowest BCUT2D eigenvalue weighted by Crippen LogP contribution is -2.67. The highest BCUT2D eigenvalue weighted by atomic mass is 32.2. The molecular weight excluding hydrogens is 849 g/mol. The standard InChI is InChI=1S/C44H47F2N11O6S/c1-4-53(2)64(60,61)52-33-8-6-31(45)40(30(33)21-47)63-28-5-7-34-35(15-28)49-36(22-48-34)26-18-44(62-23-26)10-13-55(14-11-44)27-19-43(20-27)24-56(25-43)38-17-37-29(16-32(38)46)41(51-54(37)3)57-12-9-39(58)50-42(57)59/h5-8,15-17,22,26-27,52H,4,9-14,18-20,23-25H2,1-3H3,(H,50,58,59)/t26-/m1/s1. The van der Waals surface area contributed by atoms with Crippen LogP contribution in [0.15, 0.2) is 48.7 Å². The number of aromatic nitrogens is 4. The number of hydrogen-bond acceptors (Lipinski definition) is 12. The Morgan fingerprint density at radius 1 is 1.05 bits per heavy atom. The van der Waals surface area contributed by atoms with Gasteiger partial charge in [0.25, 0.3) is 0 Å². The largest absolute Gasteiger partial charge is 0.453 e. The maximum atomic E-state index is 15.7. The molecule has 2 spiro atoms. The fourth-order valence-electron chi connectivity index (χ4n) is 10.1. The second kappa shape index (κ2) is 15.6. The first-order chi connectivity index (χ1) is 30.7. The molecule has 2 aromatic heterocycles. The number of urea groups is 1. The Bertz CT molecular complexity index is 2880. The first kappa shape index (κ1) is 42.0. The molecule has 5 aromatic rings. The molecule has 1 saturated carbocycles. The van der Waals surface area contributed by atoms with Gasteiger partial charge in [-0.2, -0.15) is 23.1 Å². The molecule has 0 radical (unpaired) electrons. The number of rotatable bonds is 10. The number of anilines is 3. The van der Waals surface area contributed by atoms with Gasteiger partial charge in [-0.05, 0) is 68.5 Å². The number of fused-ring (bicyclic) bond motifs is 2. The van der Waals surface area contributed by atoms with E-state index in [1.807, 2.05) is 12.1 Å². The third kappa shape index (κ3) is 7.33. The van der Waals surface area contributed by atoms with Crippen LogP contribution in [0.3, 0.4) is 0 Å². The van der Waals surface area contributed by atoms with Crippen LogP contribution in [0.25, 0.3) is 21.9 Å². The van der Waals surface area contributed by atoms with E-state index < -0.39 is 27.8 Å². The van der Waals surface area contributed by atoms with Crippen molar-refractivity contribution >= 4 is 61.3 Å². The number of nitrogens with one attached hydrogen (secondary N) is 2. The van der Waals surface area contributed by atoms with Gasteiger partial charge in [-0.25, -0.2) is 18.6 Å². The maximum Gasteiger partial charge on any atom is 0.329 e. The highest BCUT2D eigenvalue weighted by molar-refractivity contribution is 7.90. The first-order valence-electron chi connectivity index (χ1n) is 21.5. The van der Waals surface area contributed by atoms with E-state index in [4.69, 9.17) is 14.5 Å². The van der Waals surface area contributed by atoms with Gasteiger partial charge in [0.2, 0.25) is 5.91 Å². The predicted molar refractivity (Wildman–Crippen MR) is 232 cm³/mol. The van der Waals surface area contributed by atoms with Crippen LogP contribution in [0.2, 0.25) is 0 Å². The smallest absolute Gasteiger partial charge is 0.329 e. The first-order valence-corrected chi connectivity index (χ1v) is 22.9. The molecule has 0 unspecified atom stereocenters. The van der Waals surface area contributed by atoms with E-state index in [1.54, 1.807) is 43.0 Å². The van der Waals surface area contributed by atoms with Gasteiger partial charge in [0.1, 0.15) is 23.2 Å². The average molecular weight is 896 g/mol. The van der Waals surface area contributed by atoms with E-state index in [0.29, 0.717) is 46.1 Å². The van der Waals surface area contributed by atoms with Gasteiger partial charge in [-0.1, -0.05) is 6.92 Å². The van der Waals surface area contributed by atoms with E-state index in [0.717, 1.165) is 74.3 Å². The van der Waals surface area contributed by atoms with E-state index in [-0.39, 0.29) is 65.2 Å². The van der Waals surface area contributed by atoms with Gasteiger partial charge in [-0.3, -0.25) is 29.4 Å². The third-order valence-corrected chi connectivity index (χ3v) is 15.4. The Morgan fingerprint density at radius 2 is 1.83 bits per heavy atom. The highest BCUT2D eigenvalue weighted by Gasteiger charge is 2.55. The summed E-state index contributed by atoms with van der Waals surface area (Å²) in [7, 11) is -0.827. The van der Waals surface area contributed by atoms with E-state index >= 15 is 8.78 Å². The van der Waals surface area contributed by atoms with Crippen molar-refractivity contribution in [3.8, 4) is 17.6 Å². The van der Waals surface area contributed by atoms with Gasteiger partial charge < -0.3 is 19.3 Å². The summed E-state index contributed by atoms with van der Waals surface area (Å²) in [6, 6.07) is 12.2. The number of benzene rings is 3. The second-order valence-corrected chi connectivity index (χ2v) is 19.6. The van der Waals surface area contributed by atoms with Gasteiger partial charge >= 0.3 is 16.2 Å². The minimum Gasteiger partial charge on any atom is -0.453 e. The molecule has 4 saturated heterocycles. The lowest BCUT2D eigenvalue weighted by atomic mass is 9.59. The average Bonchev–Trinajstić information content (AvgIpc) is 3.80. The minimum absolute atomic E-state index is 0.0297. The van der Waals surface area contributed by atoms with Crippen molar-refractivity contribution in [1.29, 1.82) is 5.26 Å². The lowest BCUT2D eigenvalue weighted by molar-refractivity contribution is -0.120. The molecule has 3 amide bonds. The molecule has 17 nitrogen and oxygen atoms in total. The van der Waals surface area contributed by atoms with Crippen LogP contribution < -0.4 is 24.6 Å². The predicted octanol–water partition coefficient (Wildman–Crippen LogP) is 5.52. The summed E-state index contributed by atoms with van der Waals surface area (Å²) < 4.78 is 73.7. The molecule has 6 heterocycles. The van der Waals surface area contributed by atoms with Crippen LogP contribution >= 0.6 is 0 Å². The fraction of sp³-hybridized carbons (Fsp3) is 0.455. The van der Waals surface area contributed by atoms with Crippen LogP contribution in [0, 0.1) is 28.4 Å². The summed E-state index contributed by atoms with van der Waals surface area (Å²) in [6.45, 7) is 5.98. The quantitative estimate of drug-likeness (QED) is 0.179. The van der Waals surface area contributed by atoms with Crippen molar-refractivity contribution in [2.24, 2.45) is 12.5 Å². The third-order valence-electron chi connectivity index (χ3n) is 13.9. The van der Waals surface area contributed by atoms with Crippen molar-refractivity contribution in [3.05, 3.63) is 71.6 Å². The van der Waals surface area contributed by atoms with E-state index in [9.17, 15) is 23.3 Å². The molecule has 5 aliphatic rings. The van der Waals surface area contributed by atoms with Crippen molar-refractivity contribution < 1.29 is 36.3 Å². The molecule has 5 fully saturated rings. The number of amides is 3. The van der Waals surface area contributed by atoms with E-state index in [1.165, 1.54) is 24.1 Å². The molecule has 20 heteroatoms. The van der Waals surface area contributed by atoms with Crippen LogP contribution in [0.4, 0.5) is 30.8 Å². The summed E-state index contributed by atoms with van der Waals surface area (Å²) in [5, 5.41) is 17.3. The Labute approximate surface area is 368 Å². The Hall–Kier alpha value is -6.01. The maximum absolute atomic E-state index is 15.7. The number of aryl methyl sites for hydroxylation is 1. The molecule has 2 N–H and O–H groups in total. The number of piperidine rings is 1. The number of hydrogen-bond donors (Lipinski definition) is 2. The molecule has 4 aliphatic heterocycles. The zero-order valence-corrected chi connectivity index (χ0v) is 36.4. The number of halogens is 2. The number of imide groups is 1. The SMILES string of the molecule is CCN(C)S(=O)(=O)Nc1ccc(F)c(Oc2ccc3ncc([C@H]4COC5(CCN(C6CC7(C6)CN(c6cc8c(cc6F)c(N6CCC(=O)NC6=O)nn8C)C7)CC5)C4)nc3c2)c1C#N. The number of carbonyl (C=O) groups is 2. The molecule has 0 bridgehead atoms. The van der Waals surface area contributed by atoms with Gasteiger partial charge in [-0.15, -0.1) is 0 Å². The summed E-state index contributed by atoms with van der Waals surface area (Å²) in [5.41, 5.74) is 2.67. The molecule has 1 aliphatic carbocycles. The Kier molecular flexibility index (Phi) is 10.2. The summed E-state index contributed by atoms with van der Waals surface area (Å²) in [6.07, 6.45) is 6.67. The zero-order chi connectivity index (χ0) is 44.7. The number of ether oxygens (including phenoxy) is 2. The van der Waals surface area contributed by atoms with Crippen LogP contribution in [0.5, 0.6) is 11.5 Å².